The van der Waals surface area contributed by atoms with Crippen LogP contribution in [0.4, 0.5) is 5.69 Å². The number of methoxy groups -OCH3 is 1. The standard InChI is InChI=1S/C19H24N2O4S2/c1-3-12-20-27(23,24)16-10-8-15(9-11-16)21-19(22)17-6-4-5-7-18(17)26-14-13-25-2/h4-11,20H,3,12-14H2,1-2H3,(H,21,22). The van der Waals surface area contributed by atoms with E-state index < -0.39 is 10.0 Å². The van der Waals surface area contributed by atoms with Gasteiger partial charge in [-0.15, -0.1) is 11.8 Å². The Morgan fingerprint density at radius 2 is 1.81 bits per heavy atom. The van der Waals surface area contributed by atoms with Gasteiger partial charge in [0.25, 0.3) is 5.91 Å². The van der Waals surface area contributed by atoms with E-state index in [2.05, 4.69) is 10.0 Å². The topological polar surface area (TPSA) is 84.5 Å². The number of nitrogens with one attached hydrogen (secondary N) is 2. The molecule has 2 aromatic carbocycles. The van der Waals surface area contributed by atoms with E-state index in [-0.39, 0.29) is 10.8 Å². The smallest absolute Gasteiger partial charge is 0.256 e. The summed E-state index contributed by atoms with van der Waals surface area (Å²) in [7, 11) is -1.88. The third-order valence-electron chi connectivity index (χ3n) is 3.64. The molecule has 0 spiro atoms. The largest absolute Gasteiger partial charge is 0.384 e. The van der Waals surface area contributed by atoms with Crippen molar-refractivity contribution in [2.24, 2.45) is 0 Å². The highest BCUT2D eigenvalue weighted by atomic mass is 32.2. The van der Waals surface area contributed by atoms with Gasteiger partial charge in [-0.3, -0.25) is 4.79 Å². The number of sulfonamides is 1. The van der Waals surface area contributed by atoms with Crippen LogP contribution in [0.5, 0.6) is 0 Å². The predicted molar refractivity (Wildman–Crippen MR) is 109 cm³/mol. The molecule has 6 nitrogen and oxygen atoms in total. The highest BCUT2D eigenvalue weighted by Crippen LogP contribution is 2.24. The summed E-state index contributed by atoms with van der Waals surface area (Å²) in [6.07, 6.45) is 0.717. The maximum absolute atomic E-state index is 12.6. The van der Waals surface area contributed by atoms with Crippen molar-refractivity contribution in [2.45, 2.75) is 23.1 Å². The first kappa shape index (κ1) is 21.4. The number of benzene rings is 2. The molecule has 0 aliphatic rings. The number of hydrogen-bond donors (Lipinski definition) is 2. The zero-order valence-electron chi connectivity index (χ0n) is 15.4. The summed E-state index contributed by atoms with van der Waals surface area (Å²) in [5, 5.41) is 2.81. The third kappa shape index (κ3) is 6.35. The minimum atomic E-state index is -3.52. The second-order valence-electron chi connectivity index (χ2n) is 5.71. The van der Waals surface area contributed by atoms with E-state index in [1.165, 1.54) is 12.1 Å². The molecule has 0 aliphatic heterocycles. The summed E-state index contributed by atoms with van der Waals surface area (Å²) >= 11 is 1.55. The zero-order chi connectivity index (χ0) is 19.7. The zero-order valence-corrected chi connectivity index (χ0v) is 17.0. The summed E-state index contributed by atoms with van der Waals surface area (Å²) in [5.41, 5.74) is 1.10. The third-order valence-corrected chi connectivity index (χ3v) is 6.16. The van der Waals surface area contributed by atoms with Crippen molar-refractivity contribution >= 4 is 33.4 Å². The van der Waals surface area contributed by atoms with Gasteiger partial charge in [0.05, 0.1) is 17.1 Å². The Balaban J connectivity index is 2.08. The van der Waals surface area contributed by atoms with Crippen molar-refractivity contribution in [3.8, 4) is 0 Å². The molecule has 0 aliphatic carbocycles. The number of hydrogen-bond acceptors (Lipinski definition) is 5. The summed E-state index contributed by atoms with van der Waals surface area (Å²) in [4.78, 5) is 13.6. The van der Waals surface area contributed by atoms with Crippen molar-refractivity contribution in [2.75, 3.05) is 31.3 Å². The second kappa shape index (κ2) is 10.5. The number of anilines is 1. The predicted octanol–water partition coefficient (Wildman–Crippen LogP) is 3.37. The summed E-state index contributed by atoms with van der Waals surface area (Å²) in [5.74, 6) is 0.508. The first-order valence-corrected chi connectivity index (χ1v) is 11.1. The van der Waals surface area contributed by atoms with Gasteiger partial charge in [0.2, 0.25) is 10.0 Å². The summed E-state index contributed by atoms with van der Waals surface area (Å²) in [6, 6.07) is 13.5. The number of ether oxygens (including phenoxy) is 1. The van der Waals surface area contributed by atoms with E-state index in [0.717, 1.165) is 17.1 Å². The van der Waals surface area contributed by atoms with Gasteiger partial charge in [-0.2, -0.15) is 0 Å². The molecular weight excluding hydrogens is 384 g/mol. The molecule has 0 heterocycles. The summed E-state index contributed by atoms with van der Waals surface area (Å²) in [6.45, 7) is 2.88. The molecule has 2 aromatic rings. The lowest BCUT2D eigenvalue weighted by molar-refractivity contribution is 0.102. The van der Waals surface area contributed by atoms with Gasteiger partial charge in [0, 0.05) is 30.0 Å². The fourth-order valence-electron chi connectivity index (χ4n) is 2.25. The molecule has 0 fully saturated rings. The molecule has 0 saturated carbocycles. The van der Waals surface area contributed by atoms with Gasteiger partial charge >= 0.3 is 0 Å². The summed E-state index contributed by atoms with van der Waals surface area (Å²) < 4.78 is 31.8. The average molecular weight is 409 g/mol. The Hall–Kier alpha value is -1.87. The molecule has 0 saturated heterocycles. The number of amides is 1. The van der Waals surface area contributed by atoms with Crippen LogP contribution in [0, 0.1) is 0 Å². The van der Waals surface area contributed by atoms with E-state index in [1.54, 1.807) is 37.1 Å². The molecule has 8 heteroatoms. The van der Waals surface area contributed by atoms with Crippen LogP contribution in [0.15, 0.2) is 58.3 Å². The number of thioether (sulfide) groups is 1. The maximum atomic E-state index is 12.6. The second-order valence-corrected chi connectivity index (χ2v) is 8.62. The van der Waals surface area contributed by atoms with Gasteiger partial charge in [-0.1, -0.05) is 19.1 Å². The SMILES string of the molecule is CCCNS(=O)(=O)c1ccc(NC(=O)c2ccccc2SCCOC)cc1. The number of carbonyl (C=O) groups excluding carboxylic acids is 1. The van der Waals surface area contributed by atoms with Crippen LogP contribution in [0.25, 0.3) is 0 Å². The first-order chi connectivity index (χ1) is 13.0. The lowest BCUT2D eigenvalue weighted by Gasteiger charge is -2.11. The molecule has 0 atom stereocenters. The molecule has 0 aromatic heterocycles. The lowest BCUT2D eigenvalue weighted by Crippen LogP contribution is -2.24. The fourth-order valence-corrected chi connectivity index (χ4v) is 4.35. The molecule has 2 N–H and O–H groups in total. The van der Waals surface area contributed by atoms with Gasteiger partial charge in [-0.05, 0) is 42.8 Å². The number of rotatable bonds is 10. The van der Waals surface area contributed by atoms with Crippen LogP contribution in [-0.4, -0.2) is 40.3 Å². The van der Waals surface area contributed by atoms with Crippen molar-refractivity contribution < 1.29 is 17.9 Å². The Labute approximate surface area is 164 Å². The number of carbonyl (C=O) groups is 1. The van der Waals surface area contributed by atoms with Gasteiger partial charge in [-0.25, -0.2) is 13.1 Å². The van der Waals surface area contributed by atoms with Crippen molar-refractivity contribution in [1.82, 2.24) is 4.72 Å². The van der Waals surface area contributed by atoms with Crippen LogP contribution >= 0.6 is 11.8 Å². The van der Waals surface area contributed by atoms with Crippen LogP contribution < -0.4 is 10.0 Å². The average Bonchev–Trinajstić information content (AvgIpc) is 2.67. The van der Waals surface area contributed by atoms with Crippen LogP contribution in [0.2, 0.25) is 0 Å². The molecule has 27 heavy (non-hydrogen) atoms. The quantitative estimate of drug-likeness (QED) is 0.465. The van der Waals surface area contributed by atoms with Gasteiger partial charge in [0.1, 0.15) is 0 Å². The van der Waals surface area contributed by atoms with Crippen LogP contribution in [0.1, 0.15) is 23.7 Å². The normalized spacial score (nSPS) is 11.3. The van der Waals surface area contributed by atoms with E-state index in [0.29, 0.717) is 24.4 Å². The van der Waals surface area contributed by atoms with Crippen LogP contribution in [0.3, 0.4) is 0 Å². The van der Waals surface area contributed by atoms with E-state index in [4.69, 9.17) is 4.74 Å². The lowest BCUT2D eigenvalue weighted by atomic mass is 10.2. The monoisotopic (exact) mass is 408 g/mol. The van der Waals surface area contributed by atoms with E-state index in [9.17, 15) is 13.2 Å². The van der Waals surface area contributed by atoms with E-state index in [1.807, 2.05) is 25.1 Å². The highest BCUT2D eigenvalue weighted by Gasteiger charge is 2.14. The molecular formula is C19H24N2O4S2. The van der Waals surface area contributed by atoms with Gasteiger partial charge < -0.3 is 10.1 Å². The molecule has 0 unspecified atom stereocenters. The van der Waals surface area contributed by atoms with Crippen LogP contribution in [-0.2, 0) is 14.8 Å². The maximum Gasteiger partial charge on any atom is 0.256 e. The molecule has 146 valence electrons. The first-order valence-electron chi connectivity index (χ1n) is 8.59. The molecule has 2 rings (SSSR count). The Morgan fingerprint density at radius 1 is 1.11 bits per heavy atom. The Kier molecular flexibility index (Phi) is 8.30. The molecule has 0 bridgehead atoms. The molecule has 1 amide bonds. The van der Waals surface area contributed by atoms with Gasteiger partial charge in [0.15, 0.2) is 0 Å². The minimum Gasteiger partial charge on any atom is -0.384 e. The highest BCUT2D eigenvalue weighted by molar-refractivity contribution is 7.99. The van der Waals surface area contributed by atoms with Crippen molar-refractivity contribution in [1.29, 1.82) is 0 Å². The molecule has 0 radical (unpaired) electrons. The van der Waals surface area contributed by atoms with E-state index >= 15 is 0 Å². The van der Waals surface area contributed by atoms with Crippen molar-refractivity contribution in [3.63, 3.8) is 0 Å². The van der Waals surface area contributed by atoms with Crippen molar-refractivity contribution in [3.05, 3.63) is 54.1 Å². The Morgan fingerprint density at radius 3 is 2.48 bits per heavy atom. The minimum absolute atomic E-state index is 0.171. The fraction of sp³-hybridized carbons (Fsp3) is 0.316. The Bertz CT molecular complexity index is 852.